The molecular weight excluding hydrogens is 334 g/mol. The van der Waals surface area contributed by atoms with Crippen molar-refractivity contribution in [3.05, 3.63) is 90.0 Å². The number of fused-ring (bicyclic) bond motifs is 3. The molecule has 0 atom stereocenters. The van der Waals surface area contributed by atoms with E-state index in [1.165, 1.54) is 5.56 Å². The molecule has 3 nitrogen and oxygen atoms in total. The molecular formula is C24H17NO2. The van der Waals surface area contributed by atoms with Crippen LogP contribution in [0.4, 0.5) is 0 Å². The number of nitrogens with zero attached hydrogens (tertiary/aromatic N) is 1. The first-order valence-corrected chi connectivity index (χ1v) is 8.90. The fourth-order valence-corrected chi connectivity index (χ4v) is 3.83. The summed E-state index contributed by atoms with van der Waals surface area (Å²) in [5.41, 5.74) is 7.88. The maximum atomic E-state index is 10.3. The smallest absolute Gasteiger partial charge is 0.124 e. The fraction of sp³-hybridized carbons (Fsp3) is 0.0417. The summed E-state index contributed by atoms with van der Waals surface area (Å²) in [5, 5.41) is 20.3. The van der Waals surface area contributed by atoms with Crippen molar-refractivity contribution in [3.8, 4) is 45.1 Å². The summed E-state index contributed by atoms with van der Waals surface area (Å²) in [6.45, 7) is 0. The molecule has 0 bridgehead atoms. The Balaban J connectivity index is 1.81. The Kier molecular flexibility index (Phi) is 3.47. The van der Waals surface area contributed by atoms with Gasteiger partial charge in [0, 0.05) is 17.5 Å². The predicted molar refractivity (Wildman–Crippen MR) is 107 cm³/mol. The zero-order valence-corrected chi connectivity index (χ0v) is 14.6. The van der Waals surface area contributed by atoms with Crippen molar-refractivity contribution >= 4 is 0 Å². The minimum Gasteiger partial charge on any atom is -0.508 e. The summed E-state index contributed by atoms with van der Waals surface area (Å²) in [6, 6.07) is 24.8. The van der Waals surface area contributed by atoms with Crippen LogP contribution in [-0.2, 0) is 6.42 Å². The summed E-state index contributed by atoms with van der Waals surface area (Å²) < 4.78 is 0. The third-order valence-electron chi connectivity index (χ3n) is 5.10. The van der Waals surface area contributed by atoms with Gasteiger partial charge in [0.2, 0.25) is 0 Å². The van der Waals surface area contributed by atoms with Gasteiger partial charge >= 0.3 is 0 Å². The zero-order valence-electron chi connectivity index (χ0n) is 14.6. The molecule has 0 amide bonds. The van der Waals surface area contributed by atoms with Gasteiger partial charge in [-0.05, 0) is 52.6 Å². The molecule has 0 saturated heterocycles. The minimum atomic E-state index is 0.207. The van der Waals surface area contributed by atoms with E-state index in [4.69, 9.17) is 4.98 Å². The van der Waals surface area contributed by atoms with E-state index < -0.39 is 0 Å². The average Bonchev–Trinajstić information content (AvgIpc) is 3.06. The third-order valence-corrected chi connectivity index (χ3v) is 5.10. The number of hydrogen-bond acceptors (Lipinski definition) is 3. The Morgan fingerprint density at radius 3 is 2.30 bits per heavy atom. The first kappa shape index (κ1) is 15.6. The van der Waals surface area contributed by atoms with Crippen molar-refractivity contribution in [2.24, 2.45) is 0 Å². The van der Waals surface area contributed by atoms with Gasteiger partial charge in [0.05, 0.1) is 11.4 Å². The molecule has 1 heterocycles. The Morgan fingerprint density at radius 2 is 1.48 bits per heavy atom. The number of para-hydroxylation sites is 1. The summed E-state index contributed by atoms with van der Waals surface area (Å²) in [6.07, 6.45) is 0.810. The van der Waals surface area contributed by atoms with Crippen LogP contribution in [0.25, 0.3) is 33.6 Å². The SMILES string of the molecule is Oc1cccc(-c2cc(-c3ccccc3O)nc3c2Cc2ccccc2-3)c1. The lowest BCUT2D eigenvalue weighted by Crippen LogP contribution is -1.94. The number of phenolic OH excluding ortho intramolecular Hbond substituents is 2. The number of rotatable bonds is 2. The Hall–Kier alpha value is -3.59. The first-order chi connectivity index (χ1) is 13.2. The van der Waals surface area contributed by atoms with E-state index in [1.54, 1.807) is 24.3 Å². The molecule has 27 heavy (non-hydrogen) atoms. The molecule has 0 spiro atoms. The summed E-state index contributed by atoms with van der Waals surface area (Å²) in [4.78, 5) is 4.91. The molecule has 1 aliphatic carbocycles. The maximum Gasteiger partial charge on any atom is 0.124 e. The third kappa shape index (κ3) is 2.56. The highest BCUT2D eigenvalue weighted by atomic mass is 16.3. The lowest BCUT2D eigenvalue weighted by Gasteiger charge is -2.13. The predicted octanol–water partition coefficient (Wildman–Crippen LogP) is 5.40. The van der Waals surface area contributed by atoms with E-state index in [1.807, 2.05) is 42.5 Å². The topological polar surface area (TPSA) is 53.4 Å². The molecule has 130 valence electrons. The monoisotopic (exact) mass is 351 g/mol. The van der Waals surface area contributed by atoms with Crippen molar-refractivity contribution in [3.63, 3.8) is 0 Å². The fourth-order valence-electron chi connectivity index (χ4n) is 3.83. The Morgan fingerprint density at radius 1 is 0.704 bits per heavy atom. The van der Waals surface area contributed by atoms with Gasteiger partial charge in [-0.15, -0.1) is 0 Å². The molecule has 1 aromatic heterocycles. The van der Waals surface area contributed by atoms with Crippen molar-refractivity contribution in [2.75, 3.05) is 0 Å². The van der Waals surface area contributed by atoms with Crippen molar-refractivity contribution < 1.29 is 10.2 Å². The number of aromatic hydroxyl groups is 2. The highest BCUT2D eigenvalue weighted by Gasteiger charge is 2.25. The van der Waals surface area contributed by atoms with Gasteiger partial charge in [-0.2, -0.15) is 0 Å². The summed E-state index contributed by atoms with van der Waals surface area (Å²) >= 11 is 0. The van der Waals surface area contributed by atoms with Crippen molar-refractivity contribution in [1.29, 1.82) is 0 Å². The van der Waals surface area contributed by atoms with E-state index in [9.17, 15) is 10.2 Å². The van der Waals surface area contributed by atoms with Crippen LogP contribution in [0.15, 0.2) is 78.9 Å². The quantitative estimate of drug-likeness (QED) is 0.448. The van der Waals surface area contributed by atoms with Crippen LogP contribution in [0, 0.1) is 0 Å². The van der Waals surface area contributed by atoms with Crippen LogP contribution in [0.3, 0.4) is 0 Å². The number of hydrogen-bond donors (Lipinski definition) is 2. The van der Waals surface area contributed by atoms with Crippen LogP contribution >= 0.6 is 0 Å². The summed E-state index contributed by atoms with van der Waals surface area (Å²) in [7, 11) is 0. The molecule has 1 aliphatic rings. The number of benzene rings is 3. The van der Waals surface area contributed by atoms with E-state index in [0.29, 0.717) is 5.56 Å². The van der Waals surface area contributed by atoms with Crippen molar-refractivity contribution in [2.45, 2.75) is 6.42 Å². The highest BCUT2D eigenvalue weighted by molar-refractivity contribution is 5.86. The molecule has 0 fully saturated rings. The molecule has 5 rings (SSSR count). The lowest BCUT2D eigenvalue weighted by molar-refractivity contribution is 0.475. The second-order valence-electron chi connectivity index (χ2n) is 6.78. The van der Waals surface area contributed by atoms with Gasteiger partial charge in [-0.1, -0.05) is 48.5 Å². The normalized spacial score (nSPS) is 11.9. The molecule has 3 aromatic carbocycles. The Bertz CT molecular complexity index is 1180. The largest absolute Gasteiger partial charge is 0.508 e. The van der Waals surface area contributed by atoms with Gasteiger partial charge in [0.25, 0.3) is 0 Å². The highest BCUT2D eigenvalue weighted by Crippen LogP contribution is 2.43. The van der Waals surface area contributed by atoms with Crippen LogP contribution in [0.1, 0.15) is 11.1 Å². The zero-order chi connectivity index (χ0) is 18.4. The number of pyridine rings is 1. The standard InChI is InChI=1S/C24H17NO2/c26-17-8-5-7-15(12-17)20-14-22(19-10-3-4-11-23(19)27)25-24-18-9-2-1-6-16(18)13-21(20)24/h1-12,14,26-27H,13H2. The van der Waals surface area contributed by atoms with Crippen LogP contribution in [0.2, 0.25) is 0 Å². The molecule has 0 saturated carbocycles. The van der Waals surface area contributed by atoms with Gasteiger partial charge in [0.15, 0.2) is 0 Å². The van der Waals surface area contributed by atoms with E-state index in [0.717, 1.165) is 40.1 Å². The molecule has 0 radical (unpaired) electrons. The molecule has 4 aromatic rings. The molecule has 0 unspecified atom stereocenters. The molecule has 2 N–H and O–H groups in total. The van der Waals surface area contributed by atoms with Gasteiger partial charge in [-0.25, -0.2) is 4.98 Å². The first-order valence-electron chi connectivity index (χ1n) is 8.90. The van der Waals surface area contributed by atoms with Gasteiger partial charge < -0.3 is 10.2 Å². The van der Waals surface area contributed by atoms with Crippen LogP contribution in [0.5, 0.6) is 11.5 Å². The van der Waals surface area contributed by atoms with E-state index in [2.05, 4.69) is 12.1 Å². The molecule has 0 aliphatic heterocycles. The van der Waals surface area contributed by atoms with E-state index in [-0.39, 0.29) is 11.5 Å². The maximum absolute atomic E-state index is 10.3. The van der Waals surface area contributed by atoms with E-state index >= 15 is 0 Å². The second-order valence-corrected chi connectivity index (χ2v) is 6.78. The minimum absolute atomic E-state index is 0.207. The van der Waals surface area contributed by atoms with Gasteiger partial charge in [0.1, 0.15) is 11.5 Å². The van der Waals surface area contributed by atoms with Crippen LogP contribution in [-0.4, -0.2) is 15.2 Å². The number of phenols is 2. The average molecular weight is 351 g/mol. The lowest BCUT2D eigenvalue weighted by atomic mass is 9.96. The van der Waals surface area contributed by atoms with Crippen molar-refractivity contribution in [1.82, 2.24) is 4.98 Å². The van der Waals surface area contributed by atoms with Gasteiger partial charge in [-0.3, -0.25) is 0 Å². The Labute approximate surface area is 157 Å². The molecule has 3 heteroatoms. The summed E-state index contributed by atoms with van der Waals surface area (Å²) in [5.74, 6) is 0.441. The van der Waals surface area contributed by atoms with Crippen LogP contribution < -0.4 is 0 Å². The second kappa shape index (κ2) is 5.99. The number of aromatic nitrogens is 1.